The molecule has 1 aliphatic rings. The first-order valence-electron chi connectivity index (χ1n) is 9.48. The molecule has 0 N–H and O–H groups in total. The Balaban J connectivity index is 1.63. The molecule has 0 spiro atoms. The van der Waals surface area contributed by atoms with Gasteiger partial charge in [0.1, 0.15) is 4.90 Å². The zero-order valence-corrected chi connectivity index (χ0v) is 17.1. The molecule has 1 aromatic carbocycles. The van der Waals surface area contributed by atoms with Crippen molar-refractivity contribution in [2.75, 3.05) is 6.54 Å². The van der Waals surface area contributed by atoms with Crippen molar-refractivity contribution in [3.05, 3.63) is 71.2 Å². The SMILES string of the molecule is O=S(=O)(c1cnn(-c2ccccc2)c1)N1CCCCCC1/C=C/c1cccs1. The molecular formula is C21H23N3O2S2. The van der Waals surface area contributed by atoms with E-state index in [1.807, 2.05) is 60.0 Å². The van der Waals surface area contributed by atoms with Crippen LogP contribution >= 0.6 is 11.3 Å². The Bertz CT molecular complexity index is 1020. The van der Waals surface area contributed by atoms with Crippen LogP contribution < -0.4 is 0 Å². The van der Waals surface area contributed by atoms with Gasteiger partial charge in [-0.1, -0.05) is 43.2 Å². The summed E-state index contributed by atoms with van der Waals surface area (Å²) in [5.41, 5.74) is 0.842. The van der Waals surface area contributed by atoms with Crippen molar-refractivity contribution in [1.29, 1.82) is 0 Å². The minimum Gasteiger partial charge on any atom is -0.240 e. The average molecular weight is 414 g/mol. The number of nitrogens with zero attached hydrogens (tertiary/aromatic N) is 3. The maximum Gasteiger partial charge on any atom is 0.246 e. The van der Waals surface area contributed by atoms with Gasteiger partial charge in [-0.05, 0) is 42.5 Å². The Kier molecular flexibility index (Phi) is 5.75. The lowest BCUT2D eigenvalue weighted by Crippen LogP contribution is -2.38. The van der Waals surface area contributed by atoms with Crippen LogP contribution in [0.3, 0.4) is 0 Å². The summed E-state index contributed by atoms with van der Waals surface area (Å²) in [5.74, 6) is 0. The molecule has 4 rings (SSSR count). The molecule has 146 valence electrons. The topological polar surface area (TPSA) is 55.2 Å². The van der Waals surface area contributed by atoms with E-state index in [-0.39, 0.29) is 10.9 Å². The van der Waals surface area contributed by atoms with E-state index in [1.54, 1.807) is 26.5 Å². The first-order valence-corrected chi connectivity index (χ1v) is 11.8. The van der Waals surface area contributed by atoms with E-state index in [0.717, 1.165) is 36.2 Å². The van der Waals surface area contributed by atoms with Crippen molar-refractivity contribution in [2.24, 2.45) is 0 Å². The molecule has 7 heteroatoms. The van der Waals surface area contributed by atoms with Crippen LogP contribution in [-0.4, -0.2) is 35.1 Å². The van der Waals surface area contributed by atoms with Crippen LogP contribution in [0.1, 0.15) is 30.6 Å². The summed E-state index contributed by atoms with van der Waals surface area (Å²) in [6.07, 6.45) is 11.0. The number of para-hydroxylation sites is 1. The fourth-order valence-electron chi connectivity index (χ4n) is 3.49. The number of sulfonamides is 1. The Hall–Kier alpha value is -2.22. The molecule has 28 heavy (non-hydrogen) atoms. The van der Waals surface area contributed by atoms with Gasteiger partial charge in [-0.2, -0.15) is 9.40 Å². The predicted molar refractivity (Wildman–Crippen MR) is 113 cm³/mol. The standard InChI is InChI=1S/C21H23N3O2S2/c25-28(26,21-16-22-23(17-21)18-8-3-1-4-9-18)24-14-6-2-5-10-19(24)12-13-20-11-7-15-27-20/h1,3-4,7-9,11-13,15-17,19H,2,5-6,10,14H2/b13-12+. The largest absolute Gasteiger partial charge is 0.246 e. The van der Waals surface area contributed by atoms with E-state index in [4.69, 9.17) is 0 Å². The molecule has 3 heterocycles. The highest BCUT2D eigenvalue weighted by atomic mass is 32.2. The van der Waals surface area contributed by atoms with Gasteiger partial charge in [-0.15, -0.1) is 11.3 Å². The average Bonchev–Trinajstić information content (AvgIpc) is 3.36. The second-order valence-electron chi connectivity index (χ2n) is 6.86. The second-order valence-corrected chi connectivity index (χ2v) is 9.73. The quantitative estimate of drug-likeness (QED) is 0.615. The van der Waals surface area contributed by atoms with Crippen LogP contribution in [0, 0.1) is 0 Å². The van der Waals surface area contributed by atoms with Gasteiger partial charge in [0.25, 0.3) is 0 Å². The van der Waals surface area contributed by atoms with E-state index >= 15 is 0 Å². The lowest BCUT2D eigenvalue weighted by atomic mass is 10.1. The lowest BCUT2D eigenvalue weighted by Gasteiger charge is -2.26. The van der Waals surface area contributed by atoms with Gasteiger partial charge in [0, 0.05) is 17.5 Å². The molecule has 1 fully saturated rings. The molecule has 1 atom stereocenters. The Morgan fingerprint density at radius 1 is 1.07 bits per heavy atom. The summed E-state index contributed by atoms with van der Waals surface area (Å²) in [6, 6.07) is 13.5. The Labute approximate surface area is 170 Å². The van der Waals surface area contributed by atoms with Crippen LogP contribution in [0.4, 0.5) is 0 Å². The highest BCUT2D eigenvalue weighted by Gasteiger charge is 2.32. The van der Waals surface area contributed by atoms with Crippen LogP contribution in [0.15, 0.2) is 71.2 Å². The molecule has 0 amide bonds. The molecule has 0 aliphatic carbocycles. The lowest BCUT2D eigenvalue weighted by molar-refractivity contribution is 0.368. The summed E-state index contributed by atoms with van der Waals surface area (Å²) in [4.78, 5) is 1.38. The van der Waals surface area contributed by atoms with Gasteiger partial charge in [0.05, 0.1) is 18.1 Å². The van der Waals surface area contributed by atoms with Gasteiger partial charge in [0.15, 0.2) is 0 Å². The van der Waals surface area contributed by atoms with E-state index in [9.17, 15) is 8.42 Å². The zero-order chi connectivity index (χ0) is 19.4. The normalized spacial score (nSPS) is 19.1. The molecule has 0 bridgehead atoms. The summed E-state index contributed by atoms with van der Waals surface area (Å²) < 4.78 is 30.1. The number of hydrogen-bond acceptors (Lipinski definition) is 4. The molecular weight excluding hydrogens is 390 g/mol. The molecule has 1 saturated heterocycles. The summed E-state index contributed by atoms with van der Waals surface area (Å²) in [7, 11) is -3.61. The van der Waals surface area contributed by atoms with Crippen molar-refractivity contribution < 1.29 is 8.42 Å². The van der Waals surface area contributed by atoms with Crippen LogP contribution in [0.2, 0.25) is 0 Å². The number of aromatic nitrogens is 2. The third-order valence-corrected chi connectivity index (χ3v) is 7.68. The molecule has 1 aliphatic heterocycles. The van der Waals surface area contributed by atoms with Crippen LogP contribution in [-0.2, 0) is 10.0 Å². The zero-order valence-electron chi connectivity index (χ0n) is 15.5. The van der Waals surface area contributed by atoms with Crippen molar-refractivity contribution in [1.82, 2.24) is 14.1 Å². The third kappa shape index (κ3) is 4.11. The summed E-state index contributed by atoms with van der Waals surface area (Å²) in [5, 5.41) is 6.30. The second kappa shape index (κ2) is 8.43. The van der Waals surface area contributed by atoms with E-state index in [1.165, 1.54) is 6.20 Å². The van der Waals surface area contributed by atoms with Gasteiger partial charge < -0.3 is 0 Å². The Morgan fingerprint density at radius 3 is 2.71 bits per heavy atom. The monoisotopic (exact) mass is 413 g/mol. The maximum absolute atomic E-state index is 13.4. The smallest absolute Gasteiger partial charge is 0.240 e. The van der Waals surface area contributed by atoms with Gasteiger partial charge in [-0.25, -0.2) is 13.1 Å². The minimum absolute atomic E-state index is 0.130. The van der Waals surface area contributed by atoms with Crippen LogP contribution in [0.5, 0.6) is 0 Å². The van der Waals surface area contributed by atoms with Gasteiger partial charge in [-0.3, -0.25) is 0 Å². The fourth-order valence-corrected chi connectivity index (χ4v) is 5.70. The molecule has 0 radical (unpaired) electrons. The molecule has 1 unspecified atom stereocenters. The fraction of sp³-hybridized carbons (Fsp3) is 0.286. The summed E-state index contributed by atoms with van der Waals surface area (Å²) in [6.45, 7) is 0.540. The highest BCUT2D eigenvalue weighted by Crippen LogP contribution is 2.26. The first kappa shape index (κ1) is 19.1. The highest BCUT2D eigenvalue weighted by molar-refractivity contribution is 7.89. The van der Waals surface area contributed by atoms with E-state index in [0.29, 0.717) is 6.54 Å². The molecule has 2 aromatic heterocycles. The number of thiophene rings is 1. The predicted octanol–water partition coefficient (Wildman–Crippen LogP) is 4.58. The van der Waals surface area contributed by atoms with Crippen LogP contribution in [0.25, 0.3) is 11.8 Å². The maximum atomic E-state index is 13.4. The van der Waals surface area contributed by atoms with Gasteiger partial charge in [0.2, 0.25) is 10.0 Å². The molecule has 0 saturated carbocycles. The van der Waals surface area contributed by atoms with Gasteiger partial charge >= 0.3 is 0 Å². The molecule has 5 nitrogen and oxygen atoms in total. The number of rotatable bonds is 5. The van der Waals surface area contributed by atoms with E-state index in [2.05, 4.69) is 5.10 Å². The first-order chi connectivity index (χ1) is 13.6. The molecule has 3 aromatic rings. The number of hydrogen-bond donors (Lipinski definition) is 0. The van der Waals surface area contributed by atoms with Crippen molar-refractivity contribution in [3.63, 3.8) is 0 Å². The third-order valence-electron chi connectivity index (χ3n) is 4.96. The van der Waals surface area contributed by atoms with Crippen molar-refractivity contribution in [3.8, 4) is 5.69 Å². The number of benzene rings is 1. The van der Waals surface area contributed by atoms with Crippen molar-refractivity contribution >= 4 is 27.4 Å². The summed E-state index contributed by atoms with van der Waals surface area (Å²) >= 11 is 1.65. The Morgan fingerprint density at radius 2 is 1.93 bits per heavy atom. The van der Waals surface area contributed by atoms with E-state index < -0.39 is 10.0 Å². The minimum atomic E-state index is -3.61. The van der Waals surface area contributed by atoms with Crippen molar-refractivity contribution in [2.45, 2.75) is 36.6 Å².